The van der Waals surface area contributed by atoms with E-state index >= 15 is 0 Å². The van der Waals surface area contributed by atoms with E-state index < -0.39 is 28.7 Å². The number of carbonyl (C=O) groups is 3. The quantitative estimate of drug-likeness (QED) is 0.316. The van der Waals surface area contributed by atoms with Crippen LogP contribution in [-0.2, 0) is 14.4 Å². The second kappa shape index (κ2) is 13.2. The lowest BCUT2D eigenvalue weighted by molar-refractivity contribution is -0.147. The molecule has 3 saturated heterocycles. The summed E-state index contributed by atoms with van der Waals surface area (Å²) in [5.41, 5.74) is 0.771. The fourth-order valence-corrected chi connectivity index (χ4v) is 9.65. The summed E-state index contributed by atoms with van der Waals surface area (Å²) in [5, 5.41) is 10.5. The lowest BCUT2D eigenvalue weighted by Crippen LogP contribution is -2.59. The topological polar surface area (TPSA) is 81.2 Å². The van der Waals surface area contributed by atoms with Gasteiger partial charge in [-0.1, -0.05) is 57.5 Å². The molecule has 1 aromatic rings. The van der Waals surface area contributed by atoms with Crippen LogP contribution in [0.2, 0.25) is 0 Å². The van der Waals surface area contributed by atoms with Gasteiger partial charge in [-0.25, -0.2) is 0 Å². The zero-order valence-corrected chi connectivity index (χ0v) is 25.9. The van der Waals surface area contributed by atoms with Crippen LogP contribution in [0.25, 0.3) is 0 Å². The van der Waals surface area contributed by atoms with Crippen molar-refractivity contribution in [3.63, 3.8) is 0 Å². The minimum Gasteiger partial charge on any atom is -0.394 e. The highest BCUT2D eigenvalue weighted by Gasteiger charge is 2.74. The number of thioether (sulfide) groups is 1. The second-order valence-corrected chi connectivity index (χ2v) is 13.9. The molecule has 2 bridgehead atoms. The van der Waals surface area contributed by atoms with Gasteiger partial charge < -0.3 is 19.8 Å². The van der Waals surface area contributed by atoms with Crippen molar-refractivity contribution >= 4 is 35.2 Å². The summed E-state index contributed by atoms with van der Waals surface area (Å²) in [4.78, 5) is 48.9. The van der Waals surface area contributed by atoms with E-state index in [0.717, 1.165) is 24.9 Å². The third kappa shape index (κ3) is 5.62. The Labute approximate surface area is 250 Å². The van der Waals surface area contributed by atoms with E-state index in [-0.39, 0.29) is 41.5 Å². The fraction of sp³-hybridized carbons (Fsp3) is 0.606. The van der Waals surface area contributed by atoms with Gasteiger partial charge in [-0.05, 0) is 50.7 Å². The first kappa shape index (κ1) is 31.4. The van der Waals surface area contributed by atoms with Crippen LogP contribution in [0, 0.1) is 17.8 Å². The first-order chi connectivity index (χ1) is 19.7. The van der Waals surface area contributed by atoms with Gasteiger partial charge >= 0.3 is 0 Å². The predicted octanol–water partition coefficient (Wildman–Crippen LogP) is 4.91. The van der Waals surface area contributed by atoms with E-state index in [4.69, 9.17) is 0 Å². The molecule has 0 aromatic heterocycles. The van der Waals surface area contributed by atoms with Gasteiger partial charge in [0.05, 0.1) is 29.2 Å². The Kier molecular flexibility index (Phi) is 10.1. The highest BCUT2D eigenvalue weighted by Crippen LogP contribution is 2.67. The number of hydrogen-bond acceptors (Lipinski definition) is 5. The number of carbonyl (C=O) groups excluding carboxylic acids is 3. The maximum Gasteiger partial charge on any atom is 0.247 e. The van der Waals surface area contributed by atoms with E-state index in [0.29, 0.717) is 25.9 Å². The molecule has 4 rings (SSSR count). The Morgan fingerprint density at radius 2 is 1.83 bits per heavy atom. The number of hydrogen-bond donors (Lipinski definition) is 1. The molecule has 3 unspecified atom stereocenters. The summed E-state index contributed by atoms with van der Waals surface area (Å²) in [6, 6.07) is 8.28. The Morgan fingerprint density at radius 3 is 2.41 bits per heavy atom. The lowest BCUT2D eigenvalue weighted by atomic mass is 9.70. The van der Waals surface area contributed by atoms with Crippen molar-refractivity contribution < 1.29 is 19.5 Å². The molecular formula is C33H47N3O4S. The molecular weight excluding hydrogens is 534 g/mol. The van der Waals surface area contributed by atoms with Crippen molar-refractivity contribution in [2.75, 3.05) is 24.6 Å². The third-order valence-corrected chi connectivity index (χ3v) is 11.0. The highest BCUT2D eigenvalue weighted by atomic mass is 32.2. The van der Waals surface area contributed by atoms with Crippen LogP contribution in [0.1, 0.15) is 59.8 Å². The molecule has 1 aromatic carbocycles. The smallest absolute Gasteiger partial charge is 0.247 e. The Balaban J connectivity index is 1.80. The highest BCUT2D eigenvalue weighted by molar-refractivity contribution is 8.02. The van der Waals surface area contributed by atoms with Crippen molar-refractivity contribution in [1.29, 1.82) is 0 Å². The molecule has 7 atom stereocenters. The van der Waals surface area contributed by atoms with E-state index in [1.807, 2.05) is 35.2 Å². The molecule has 224 valence electrons. The molecule has 3 aliphatic rings. The normalized spacial score (nSPS) is 28.0. The zero-order valence-electron chi connectivity index (χ0n) is 25.1. The van der Waals surface area contributed by atoms with Crippen molar-refractivity contribution in [2.24, 2.45) is 17.8 Å². The number of aliphatic hydroxyl groups is 1. The summed E-state index contributed by atoms with van der Waals surface area (Å²) in [6.45, 7) is 16.6. The van der Waals surface area contributed by atoms with Crippen LogP contribution in [-0.4, -0.2) is 80.4 Å². The van der Waals surface area contributed by atoms with Gasteiger partial charge in [0, 0.05) is 30.1 Å². The van der Waals surface area contributed by atoms with Gasteiger partial charge in [0.25, 0.3) is 0 Å². The van der Waals surface area contributed by atoms with Gasteiger partial charge in [0.1, 0.15) is 6.04 Å². The molecule has 1 spiro atoms. The van der Waals surface area contributed by atoms with Gasteiger partial charge in [-0.2, -0.15) is 0 Å². The van der Waals surface area contributed by atoms with E-state index in [9.17, 15) is 19.5 Å². The van der Waals surface area contributed by atoms with Crippen LogP contribution < -0.4 is 4.90 Å². The molecule has 1 N–H and O–H groups in total. The average Bonchev–Trinajstić information content (AvgIpc) is 3.60. The maximum absolute atomic E-state index is 14.7. The number of amides is 3. The molecule has 41 heavy (non-hydrogen) atoms. The predicted molar refractivity (Wildman–Crippen MR) is 167 cm³/mol. The van der Waals surface area contributed by atoms with Crippen molar-refractivity contribution in [2.45, 2.75) is 87.9 Å². The molecule has 7 nitrogen and oxygen atoms in total. The van der Waals surface area contributed by atoms with Crippen molar-refractivity contribution in [3.05, 3.63) is 55.6 Å². The molecule has 0 radical (unpaired) electrons. The SMILES string of the molecule is C=CCN(C(=O)[C@@H]1[C@@H]2CCC3(S2)C(C(=O)N(CC=C)C(C)CCC)N([C@@H](CO)CC(C)C)C(=O)[C@H]13)c1ccccc1. The van der Waals surface area contributed by atoms with Gasteiger partial charge in [-0.3, -0.25) is 14.4 Å². The number of rotatable bonds is 14. The number of nitrogens with zero attached hydrogens (tertiary/aromatic N) is 3. The first-order valence-electron chi connectivity index (χ1n) is 15.2. The van der Waals surface area contributed by atoms with Crippen LogP contribution in [0.15, 0.2) is 55.6 Å². The molecule has 3 amide bonds. The summed E-state index contributed by atoms with van der Waals surface area (Å²) in [6.07, 6.45) is 7.29. The minimum absolute atomic E-state index is 0.0160. The number of aliphatic hydroxyl groups excluding tert-OH is 1. The fourth-order valence-electron chi connectivity index (χ4n) is 7.46. The van der Waals surface area contributed by atoms with E-state index in [1.54, 1.807) is 33.7 Å². The van der Waals surface area contributed by atoms with Gasteiger partial charge in [0.15, 0.2) is 0 Å². The van der Waals surface area contributed by atoms with Crippen LogP contribution in [0.3, 0.4) is 0 Å². The van der Waals surface area contributed by atoms with Crippen LogP contribution in [0.4, 0.5) is 5.69 Å². The number of likely N-dealkylation sites (tertiary alicyclic amines) is 1. The molecule has 3 aliphatic heterocycles. The van der Waals surface area contributed by atoms with Gasteiger partial charge in [0.2, 0.25) is 17.7 Å². The maximum atomic E-state index is 14.7. The summed E-state index contributed by atoms with van der Waals surface area (Å²) in [5.74, 6) is -1.27. The van der Waals surface area contributed by atoms with E-state index in [1.165, 1.54) is 0 Å². The second-order valence-electron chi connectivity index (χ2n) is 12.3. The Hall–Kier alpha value is -2.58. The van der Waals surface area contributed by atoms with E-state index in [2.05, 4.69) is 40.9 Å². The van der Waals surface area contributed by atoms with Crippen LogP contribution >= 0.6 is 11.8 Å². The van der Waals surface area contributed by atoms with Crippen LogP contribution in [0.5, 0.6) is 0 Å². The molecule has 8 heteroatoms. The average molecular weight is 582 g/mol. The molecule has 0 aliphatic carbocycles. The van der Waals surface area contributed by atoms with Gasteiger partial charge in [-0.15, -0.1) is 24.9 Å². The first-order valence-corrected chi connectivity index (χ1v) is 16.0. The van der Waals surface area contributed by atoms with Crippen molar-refractivity contribution in [3.8, 4) is 0 Å². The minimum atomic E-state index is -0.729. The number of anilines is 1. The standard InChI is InChI=1S/C33H47N3O4S/c1-7-13-23(6)34(18-8-2)32(40)29-33-17-16-26(41-33)27(28(33)31(39)36(29)25(21-37)20-22(4)5)30(38)35(19-9-3)24-14-11-10-12-15-24/h8-12,14-15,22-23,25-29,37H,2-3,7,13,16-21H2,1,4-6H3/t23?,25-,26+,27-,28+,29?,33?/m1/s1. The third-order valence-electron chi connectivity index (χ3n) is 9.10. The molecule has 3 heterocycles. The number of benzene rings is 1. The largest absolute Gasteiger partial charge is 0.394 e. The zero-order chi connectivity index (χ0) is 29.9. The Bertz CT molecular complexity index is 1130. The van der Waals surface area contributed by atoms with Crippen molar-refractivity contribution in [1.82, 2.24) is 9.80 Å². The molecule has 3 fully saturated rings. The molecule has 0 saturated carbocycles. The Morgan fingerprint density at radius 1 is 1.15 bits per heavy atom. The summed E-state index contributed by atoms with van der Waals surface area (Å²) in [7, 11) is 0. The summed E-state index contributed by atoms with van der Waals surface area (Å²) < 4.78 is -0.703. The lowest BCUT2D eigenvalue weighted by Gasteiger charge is -2.41. The number of fused-ring (bicyclic) bond motifs is 1. The monoisotopic (exact) mass is 581 g/mol. The summed E-state index contributed by atoms with van der Waals surface area (Å²) >= 11 is 1.68. The number of para-hydroxylation sites is 1.